The number of nitrogens with zero attached hydrogens (tertiary/aromatic N) is 1. The molecule has 1 N–H and O–H groups in total. The normalized spacial score (nSPS) is 17.7. The van der Waals surface area contributed by atoms with E-state index >= 15 is 0 Å². The first-order chi connectivity index (χ1) is 9.65. The molecule has 4 heteroatoms. The van der Waals surface area contributed by atoms with E-state index in [-0.39, 0.29) is 0 Å². The molecule has 0 atom stereocenters. The minimum Gasteiger partial charge on any atom is -0.478 e. The smallest absolute Gasteiger partial charge is 0.328 e. The predicted molar refractivity (Wildman–Crippen MR) is 83.9 cm³/mol. The van der Waals surface area contributed by atoms with Crippen molar-refractivity contribution in [1.82, 2.24) is 4.90 Å². The summed E-state index contributed by atoms with van der Waals surface area (Å²) in [7, 11) is 2.21. The average Bonchev–Trinajstić information content (AvgIpc) is 2.68. The van der Waals surface area contributed by atoms with Crippen molar-refractivity contribution in [2.24, 2.45) is 0 Å². The highest BCUT2D eigenvalue weighted by Crippen LogP contribution is 2.24. The lowest BCUT2D eigenvalue weighted by Gasteiger charge is -2.26. The number of hydrogen-bond acceptors (Lipinski definition) is 3. The van der Waals surface area contributed by atoms with Crippen LogP contribution in [0.1, 0.15) is 48.3 Å². The van der Waals surface area contributed by atoms with Gasteiger partial charge in [0.15, 0.2) is 0 Å². The molecule has 0 radical (unpaired) electrons. The van der Waals surface area contributed by atoms with E-state index in [1.165, 1.54) is 49.5 Å². The van der Waals surface area contributed by atoms with Crippen molar-refractivity contribution >= 4 is 23.4 Å². The van der Waals surface area contributed by atoms with Gasteiger partial charge >= 0.3 is 5.97 Å². The van der Waals surface area contributed by atoms with Crippen molar-refractivity contribution in [2.45, 2.75) is 51.1 Å². The lowest BCUT2D eigenvalue weighted by Crippen LogP contribution is -2.30. The van der Waals surface area contributed by atoms with Crippen molar-refractivity contribution in [1.29, 1.82) is 0 Å². The lowest BCUT2D eigenvalue weighted by molar-refractivity contribution is -0.131. The maximum atomic E-state index is 10.5. The number of aliphatic carboxylic acids is 1. The van der Waals surface area contributed by atoms with E-state index in [0.717, 1.165) is 11.4 Å². The Balaban J connectivity index is 1.90. The SMILES string of the molecule is CN(Cc1ccc(C=CC(=O)O)s1)C1CCCCCC1. The summed E-state index contributed by atoms with van der Waals surface area (Å²) in [6.07, 6.45) is 11.0. The van der Waals surface area contributed by atoms with Gasteiger partial charge in [0.25, 0.3) is 0 Å². The van der Waals surface area contributed by atoms with E-state index in [0.29, 0.717) is 6.04 Å². The van der Waals surface area contributed by atoms with Crippen LogP contribution in [0.4, 0.5) is 0 Å². The van der Waals surface area contributed by atoms with Crippen LogP contribution >= 0.6 is 11.3 Å². The second kappa shape index (κ2) is 7.60. The maximum absolute atomic E-state index is 10.5. The van der Waals surface area contributed by atoms with Crippen molar-refractivity contribution in [3.63, 3.8) is 0 Å². The van der Waals surface area contributed by atoms with Crippen LogP contribution in [0, 0.1) is 0 Å². The standard InChI is InChI=1S/C16H23NO2S/c1-17(13-6-4-2-3-5-7-13)12-15-9-8-14(20-15)10-11-16(18)19/h8-11,13H,2-7,12H2,1H3,(H,18,19). The Bertz CT molecular complexity index is 459. The Morgan fingerprint density at radius 1 is 1.35 bits per heavy atom. The van der Waals surface area contributed by atoms with Crippen LogP contribution in [0.15, 0.2) is 18.2 Å². The van der Waals surface area contributed by atoms with Gasteiger partial charge in [-0.3, -0.25) is 4.90 Å². The van der Waals surface area contributed by atoms with Gasteiger partial charge in [0.05, 0.1) is 0 Å². The highest BCUT2D eigenvalue weighted by atomic mass is 32.1. The Morgan fingerprint density at radius 2 is 2.05 bits per heavy atom. The Labute approximate surface area is 124 Å². The number of thiophene rings is 1. The van der Waals surface area contributed by atoms with Gasteiger partial charge in [0.1, 0.15) is 0 Å². The molecule has 0 spiro atoms. The summed E-state index contributed by atoms with van der Waals surface area (Å²) in [5.74, 6) is -0.893. The lowest BCUT2D eigenvalue weighted by atomic mass is 10.1. The molecule has 1 saturated carbocycles. The van der Waals surface area contributed by atoms with Crippen LogP contribution in [0.2, 0.25) is 0 Å². The van der Waals surface area contributed by atoms with Crippen molar-refractivity contribution < 1.29 is 9.90 Å². The molecular formula is C16H23NO2S. The molecule has 0 unspecified atom stereocenters. The number of carboxylic acid groups (broad SMARTS) is 1. The maximum Gasteiger partial charge on any atom is 0.328 e. The number of carboxylic acids is 1. The molecule has 3 nitrogen and oxygen atoms in total. The number of hydrogen-bond donors (Lipinski definition) is 1. The van der Waals surface area contributed by atoms with Crippen LogP contribution < -0.4 is 0 Å². The van der Waals surface area contributed by atoms with Gasteiger partial charge in [0.2, 0.25) is 0 Å². The summed E-state index contributed by atoms with van der Waals surface area (Å²) < 4.78 is 0. The molecule has 110 valence electrons. The van der Waals surface area contributed by atoms with Gasteiger partial charge < -0.3 is 5.11 Å². The minimum absolute atomic E-state index is 0.706. The summed E-state index contributed by atoms with van der Waals surface area (Å²) in [6.45, 7) is 0.968. The molecule has 1 aromatic rings. The topological polar surface area (TPSA) is 40.5 Å². The first-order valence-corrected chi connectivity index (χ1v) is 8.17. The molecule has 2 rings (SSSR count). The molecule has 0 saturated heterocycles. The largest absolute Gasteiger partial charge is 0.478 e. The van der Waals surface area contributed by atoms with E-state index in [1.807, 2.05) is 6.07 Å². The van der Waals surface area contributed by atoms with Gasteiger partial charge in [-0.1, -0.05) is 25.7 Å². The fourth-order valence-corrected chi connectivity index (χ4v) is 3.78. The molecule has 0 aliphatic heterocycles. The van der Waals surface area contributed by atoms with Crippen molar-refractivity contribution in [2.75, 3.05) is 7.05 Å². The Morgan fingerprint density at radius 3 is 2.70 bits per heavy atom. The fraction of sp³-hybridized carbons (Fsp3) is 0.562. The molecule has 1 heterocycles. The summed E-state index contributed by atoms with van der Waals surface area (Å²) in [5.41, 5.74) is 0. The van der Waals surface area contributed by atoms with E-state index in [9.17, 15) is 4.79 Å². The van der Waals surface area contributed by atoms with E-state index in [1.54, 1.807) is 17.4 Å². The van der Waals surface area contributed by atoms with Gasteiger partial charge in [-0.05, 0) is 38.1 Å². The Kier molecular flexibility index (Phi) is 5.80. The number of rotatable bonds is 5. The Hall–Kier alpha value is -1.13. The monoisotopic (exact) mass is 293 g/mol. The van der Waals surface area contributed by atoms with Gasteiger partial charge in [-0.25, -0.2) is 4.79 Å². The predicted octanol–water partition coefficient (Wildman–Crippen LogP) is 4.00. The van der Waals surface area contributed by atoms with E-state index in [4.69, 9.17) is 5.11 Å². The first-order valence-electron chi connectivity index (χ1n) is 7.35. The second-order valence-corrected chi connectivity index (χ2v) is 6.74. The molecule has 20 heavy (non-hydrogen) atoms. The molecule has 1 aliphatic rings. The molecule has 0 aromatic carbocycles. The minimum atomic E-state index is -0.893. The van der Waals surface area contributed by atoms with Crippen LogP contribution in [0.5, 0.6) is 0 Å². The van der Waals surface area contributed by atoms with Crippen LogP contribution in [-0.2, 0) is 11.3 Å². The quantitative estimate of drug-likeness (QED) is 0.659. The van der Waals surface area contributed by atoms with Crippen LogP contribution in [-0.4, -0.2) is 29.1 Å². The summed E-state index contributed by atoms with van der Waals surface area (Å²) in [4.78, 5) is 15.3. The van der Waals surface area contributed by atoms with Crippen molar-refractivity contribution in [3.8, 4) is 0 Å². The highest BCUT2D eigenvalue weighted by molar-refractivity contribution is 7.12. The molecule has 1 aliphatic carbocycles. The summed E-state index contributed by atoms with van der Waals surface area (Å²) in [6, 6.07) is 4.82. The van der Waals surface area contributed by atoms with Gasteiger partial charge in [-0.2, -0.15) is 0 Å². The van der Waals surface area contributed by atoms with E-state index in [2.05, 4.69) is 18.0 Å². The molecular weight excluding hydrogens is 270 g/mol. The van der Waals surface area contributed by atoms with Crippen LogP contribution in [0.25, 0.3) is 6.08 Å². The third kappa shape index (κ3) is 4.76. The molecule has 1 fully saturated rings. The zero-order valence-corrected chi connectivity index (χ0v) is 12.9. The summed E-state index contributed by atoms with van der Waals surface area (Å²) in [5, 5.41) is 8.63. The van der Waals surface area contributed by atoms with Crippen LogP contribution in [0.3, 0.4) is 0 Å². The van der Waals surface area contributed by atoms with Crippen molar-refractivity contribution in [3.05, 3.63) is 28.0 Å². The third-order valence-corrected chi connectivity index (χ3v) is 4.96. The zero-order valence-electron chi connectivity index (χ0n) is 12.0. The number of carbonyl (C=O) groups is 1. The molecule has 0 bridgehead atoms. The average molecular weight is 293 g/mol. The van der Waals surface area contributed by atoms with Gasteiger partial charge in [0, 0.05) is 28.4 Å². The molecule has 0 amide bonds. The third-order valence-electron chi connectivity index (χ3n) is 3.93. The van der Waals surface area contributed by atoms with E-state index < -0.39 is 5.97 Å². The first kappa shape index (κ1) is 15.3. The van der Waals surface area contributed by atoms with Gasteiger partial charge in [-0.15, -0.1) is 11.3 Å². The highest BCUT2D eigenvalue weighted by Gasteiger charge is 2.17. The second-order valence-electron chi connectivity index (χ2n) is 5.54. The zero-order chi connectivity index (χ0) is 14.4. The molecule has 1 aromatic heterocycles. The fourth-order valence-electron chi connectivity index (χ4n) is 2.80. The summed E-state index contributed by atoms with van der Waals surface area (Å²) >= 11 is 1.68.